The van der Waals surface area contributed by atoms with Gasteiger partial charge < -0.3 is 5.73 Å². The molecule has 0 amide bonds. The molecular formula is C18H22BrN. The molecule has 2 rings (SSSR count). The molecule has 0 aliphatic heterocycles. The lowest BCUT2D eigenvalue weighted by atomic mass is 9.97. The second-order valence-electron chi connectivity index (χ2n) is 5.45. The molecule has 0 saturated heterocycles. The summed E-state index contributed by atoms with van der Waals surface area (Å²) in [6, 6.07) is 15.1. The van der Waals surface area contributed by atoms with Crippen LogP contribution >= 0.6 is 15.9 Å². The van der Waals surface area contributed by atoms with Crippen LogP contribution in [0.2, 0.25) is 0 Å². The van der Waals surface area contributed by atoms with E-state index in [0.717, 1.165) is 19.3 Å². The van der Waals surface area contributed by atoms with Gasteiger partial charge in [0.05, 0.1) is 0 Å². The predicted molar refractivity (Wildman–Crippen MR) is 89.9 cm³/mol. The molecule has 2 aromatic carbocycles. The van der Waals surface area contributed by atoms with Gasteiger partial charge >= 0.3 is 0 Å². The molecule has 0 aromatic heterocycles. The Kier molecular flexibility index (Phi) is 5.38. The van der Waals surface area contributed by atoms with E-state index in [4.69, 9.17) is 5.73 Å². The molecule has 0 bridgehead atoms. The minimum Gasteiger partial charge on any atom is -0.324 e. The molecule has 0 heterocycles. The van der Waals surface area contributed by atoms with E-state index in [2.05, 4.69) is 72.2 Å². The van der Waals surface area contributed by atoms with Crippen molar-refractivity contribution in [2.24, 2.45) is 5.73 Å². The number of nitrogens with two attached hydrogens (primary N) is 1. The quantitative estimate of drug-likeness (QED) is 0.811. The van der Waals surface area contributed by atoms with Gasteiger partial charge in [-0.3, -0.25) is 0 Å². The number of rotatable bonds is 5. The van der Waals surface area contributed by atoms with Crippen molar-refractivity contribution < 1.29 is 0 Å². The molecule has 2 heteroatoms. The Morgan fingerprint density at radius 3 is 2.25 bits per heavy atom. The fraction of sp³-hybridized carbons (Fsp3) is 0.333. The van der Waals surface area contributed by atoms with Gasteiger partial charge in [0.25, 0.3) is 0 Å². The van der Waals surface area contributed by atoms with Gasteiger partial charge in [-0.1, -0.05) is 58.4 Å². The van der Waals surface area contributed by atoms with Gasteiger partial charge in [-0.05, 0) is 55.4 Å². The third-order valence-corrected chi connectivity index (χ3v) is 4.96. The number of hydrogen-bond acceptors (Lipinski definition) is 1. The Morgan fingerprint density at radius 2 is 1.65 bits per heavy atom. The van der Waals surface area contributed by atoms with Crippen molar-refractivity contribution in [1.29, 1.82) is 0 Å². The van der Waals surface area contributed by atoms with E-state index in [0.29, 0.717) is 0 Å². The number of aryl methyl sites for hydroxylation is 3. The standard InChI is InChI=1S/C18H22BrN/c1-13-11-16(12-14(2)18(13)19)17(20)10-6-9-15-7-4-3-5-8-15/h3-5,7-8,11-12,17H,6,9-10,20H2,1-2H3. The highest BCUT2D eigenvalue weighted by atomic mass is 79.9. The first kappa shape index (κ1) is 15.3. The Bertz CT molecular complexity index is 540. The summed E-state index contributed by atoms with van der Waals surface area (Å²) in [6.45, 7) is 4.24. The first-order valence-electron chi connectivity index (χ1n) is 7.14. The summed E-state index contributed by atoms with van der Waals surface area (Å²) < 4.78 is 1.19. The molecule has 2 N–H and O–H groups in total. The van der Waals surface area contributed by atoms with Crippen LogP contribution in [0.15, 0.2) is 46.9 Å². The topological polar surface area (TPSA) is 26.0 Å². The minimum absolute atomic E-state index is 0.129. The molecular weight excluding hydrogens is 310 g/mol. The zero-order valence-electron chi connectivity index (χ0n) is 12.2. The maximum absolute atomic E-state index is 6.33. The smallest absolute Gasteiger partial charge is 0.0295 e. The Labute approximate surface area is 130 Å². The fourth-order valence-electron chi connectivity index (χ4n) is 2.53. The molecule has 0 fully saturated rings. The lowest BCUT2D eigenvalue weighted by molar-refractivity contribution is 0.610. The van der Waals surface area contributed by atoms with Crippen molar-refractivity contribution in [3.8, 4) is 0 Å². The largest absolute Gasteiger partial charge is 0.324 e. The van der Waals surface area contributed by atoms with Gasteiger partial charge in [0.2, 0.25) is 0 Å². The minimum atomic E-state index is 0.129. The summed E-state index contributed by atoms with van der Waals surface area (Å²) in [6.07, 6.45) is 3.25. The highest BCUT2D eigenvalue weighted by Crippen LogP contribution is 2.26. The average Bonchev–Trinajstić information content (AvgIpc) is 2.45. The van der Waals surface area contributed by atoms with Crippen LogP contribution < -0.4 is 5.73 Å². The van der Waals surface area contributed by atoms with Crippen LogP contribution in [0.1, 0.15) is 41.1 Å². The molecule has 20 heavy (non-hydrogen) atoms. The Hall–Kier alpha value is -1.12. The van der Waals surface area contributed by atoms with Crippen LogP contribution in [0.3, 0.4) is 0 Å². The molecule has 1 nitrogen and oxygen atoms in total. The molecule has 0 saturated carbocycles. The second kappa shape index (κ2) is 7.05. The Morgan fingerprint density at radius 1 is 1.05 bits per heavy atom. The van der Waals surface area contributed by atoms with Gasteiger partial charge in [-0.15, -0.1) is 0 Å². The van der Waals surface area contributed by atoms with E-state index >= 15 is 0 Å². The van der Waals surface area contributed by atoms with Crippen LogP contribution in [0.4, 0.5) is 0 Å². The van der Waals surface area contributed by atoms with E-state index in [9.17, 15) is 0 Å². The third kappa shape index (κ3) is 3.94. The zero-order valence-corrected chi connectivity index (χ0v) is 13.8. The van der Waals surface area contributed by atoms with E-state index in [1.54, 1.807) is 0 Å². The lowest BCUT2D eigenvalue weighted by Crippen LogP contribution is -2.11. The molecule has 0 radical (unpaired) electrons. The first-order chi connectivity index (χ1) is 9.58. The van der Waals surface area contributed by atoms with Crippen molar-refractivity contribution >= 4 is 15.9 Å². The van der Waals surface area contributed by atoms with Gasteiger partial charge in [-0.2, -0.15) is 0 Å². The first-order valence-corrected chi connectivity index (χ1v) is 7.93. The van der Waals surface area contributed by atoms with Crippen molar-refractivity contribution in [1.82, 2.24) is 0 Å². The van der Waals surface area contributed by atoms with Gasteiger partial charge in [0.15, 0.2) is 0 Å². The van der Waals surface area contributed by atoms with Crippen molar-refractivity contribution in [2.45, 2.75) is 39.2 Å². The van der Waals surface area contributed by atoms with Gasteiger partial charge in [0, 0.05) is 10.5 Å². The van der Waals surface area contributed by atoms with Crippen molar-refractivity contribution in [3.05, 3.63) is 69.2 Å². The third-order valence-electron chi connectivity index (χ3n) is 3.71. The maximum atomic E-state index is 6.33. The van der Waals surface area contributed by atoms with Gasteiger partial charge in [0.1, 0.15) is 0 Å². The molecule has 0 aliphatic rings. The summed E-state index contributed by atoms with van der Waals surface area (Å²) in [5.41, 5.74) is 11.5. The molecule has 0 aliphatic carbocycles. The normalized spacial score (nSPS) is 12.4. The van der Waals surface area contributed by atoms with E-state index in [-0.39, 0.29) is 6.04 Å². The van der Waals surface area contributed by atoms with E-state index in [1.165, 1.54) is 26.7 Å². The molecule has 0 spiro atoms. The summed E-state index contributed by atoms with van der Waals surface area (Å²) in [7, 11) is 0. The van der Waals surface area contributed by atoms with Crippen molar-refractivity contribution in [2.75, 3.05) is 0 Å². The van der Waals surface area contributed by atoms with Crippen LogP contribution in [-0.4, -0.2) is 0 Å². The van der Waals surface area contributed by atoms with Crippen LogP contribution in [0, 0.1) is 13.8 Å². The fourth-order valence-corrected chi connectivity index (χ4v) is 2.76. The molecule has 1 atom stereocenters. The van der Waals surface area contributed by atoms with Crippen LogP contribution in [-0.2, 0) is 6.42 Å². The summed E-state index contributed by atoms with van der Waals surface area (Å²) in [4.78, 5) is 0. The summed E-state index contributed by atoms with van der Waals surface area (Å²) in [5, 5.41) is 0. The molecule has 106 valence electrons. The summed E-state index contributed by atoms with van der Waals surface area (Å²) >= 11 is 3.60. The van der Waals surface area contributed by atoms with Gasteiger partial charge in [-0.25, -0.2) is 0 Å². The molecule has 2 aromatic rings. The SMILES string of the molecule is Cc1cc(C(N)CCCc2ccccc2)cc(C)c1Br. The van der Waals surface area contributed by atoms with E-state index in [1.807, 2.05) is 0 Å². The predicted octanol–water partition coefficient (Wildman–Crippen LogP) is 5.09. The van der Waals surface area contributed by atoms with Crippen molar-refractivity contribution in [3.63, 3.8) is 0 Å². The molecule has 1 unspecified atom stereocenters. The van der Waals surface area contributed by atoms with E-state index < -0.39 is 0 Å². The highest BCUT2D eigenvalue weighted by molar-refractivity contribution is 9.10. The van der Waals surface area contributed by atoms with Crippen LogP contribution in [0.25, 0.3) is 0 Å². The summed E-state index contributed by atoms with van der Waals surface area (Å²) in [5.74, 6) is 0. The number of halogens is 1. The second-order valence-corrected chi connectivity index (χ2v) is 6.25. The zero-order chi connectivity index (χ0) is 14.5. The maximum Gasteiger partial charge on any atom is 0.0295 e. The van der Waals surface area contributed by atoms with Crippen LogP contribution in [0.5, 0.6) is 0 Å². The average molecular weight is 332 g/mol. The number of hydrogen-bond donors (Lipinski definition) is 1. The highest BCUT2D eigenvalue weighted by Gasteiger charge is 2.09. The lowest BCUT2D eigenvalue weighted by Gasteiger charge is -2.15. The monoisotopic (exact) mass is 331 g/mol. The number of benzene rings is 2. The Balaban J connectivity index is 1.93.